The first-order valence-corrected chi connectivity index (χ1v) is 6.69. The Bertz CT molecular complexity index is 658. The highest BCUT2D eigenvalue weighted by molar-refractivity contribution is 6.30. The molecule has 2 aromatic carbocycles. The van der Waals surface area contributed by atoms with Gasteiger partial charge >= 0.3 is 0 Å². The van der Waals surface area contributed by atoms with Gasteiger partial charge in [0, 0.05) is 11.1 Å². The summed E-state index contributed by atoms with van der Waals surface area (Å²) >= 11 is 5.86. The number of rotatable bonds is 5. The lowest BCUT2D eigenvalue weighted by atomic mass is 10.1. The van der Waals surface area contributed by atoms with Crippen LogP contribution in [0.15, 0.2) is 42.5 Å². The van der Waals surface area contributed by atoms with E-state index in [4.69, 9.17) is 16.3 Å². The molecule has 0 amide bonds. The van der Waals surface area contributed by atoms with Gasteiger partial charge in [-0.05, 0) is 36.8 Å². The summed E-state index contributed by atoms with van der Waals surface area (Å²) in [6, 6.07) is 11.3. The predicted molar refractivity (Wildman–Crippen MR) is 79.5 cm³/mol. The van der Waals surface area contributed by atoms with Crippen LogP contribution in [0.2, 0.25) is 5.02 Å². The van der Waals surface area contributed by atoms with Crippen LogP contribution in [0.5, 0.6) is 5.75 Å². The summed E-state index contributed by atoms with van der Waals surface area (Å²) in [5, 5.41) is 20.9. The van der Waals surface area contributed by atoms with Crippen LogP contribution >= 0.6 is 11.6 Å². The van der Waals surface area contributed by atoms with E-state index in [-0.39, 0.29) is 12.3 Å². The molecule has 2 aromatic rings. The van der Waals surface area contributed by atoms with Gasteiger partial charge in [0.2, 0.25) is 0 Å². The molecule has 2 rings (SSSR count). The second kappa shape index (κ2) is 6.56. The number of benzene rings is 2. The van der Waals surface area contributed by atoms with E-state index >= 15 is 0 Å². The van der Waals surface area contributed by atoms with Crippen molar-refractivity contribution >= 4 is 17.3 Å². The zero-order valence-corrected chi connectivity index (χ0v) is 12.1. The SMILES string of the molecule is C[C@H](O)c1cccc(OCc2cc(Cl)ccc2[N+](=O)[O-])c1. The number of ether oxygens (including phenoxy) is 1. The van der Waals surface area contributed by atoms with E-state index in [1.54, 1.807) is 31.2 Å². The van der Waals surface area contributed by atoms with E-state index in [9.17, 15) is 15.2 Å². The summed E-state index contributed by atoms with van der Waals surface area (Å²) in [6.07, 6.45) is -0.603. The van der Waals surface area contributed by atoms with Crippen molar-refractivity contribution in [2.75, 3.05) is 0 Å². The van der Waals surface area contributed by atoms with Crippen molar-refractivity contribution in [3.8, 4) is 5.75 Å². The number of aliphatic hydroxyl groups excluding tert-OH is 1. The molecule has 0 bridgehead atoms. The van der Waals surface area contributed by atoms with E-state index in [2.05, 4.69) is 0 Å². The zero-order chi connectivity index (χ0) is 15.4. The maximum absolute atomic E-state index is 11.0. The Morgan fingerprint density at radius 3 is 2.76 bits per heavy atom. The number of hydrogen-bond donors (Lipinski definition) is 1. The first-order chi connectivity index (χ1) is 9.97. The molecular weight excluding hydrogens is 294 g/mol. The average molecular weight is 308 g/mol. The van der Waals surface area contributed by atoms with Gasteiger partial charge in [-0.2, -0.15) is 0 Å². The van der Waals surface area contributed by atoms with Crippen LogP contribution in [0.25, 0.3) is 0 Å². The van der Waals surface area contributed by atoms with E-state index in [0.29, 0.717) is 21.9 Å². The van der Waals surface area contributed by atoms with Crippen molar-refractivity contribution in [1.82, 2.24) is 0 Å². The third kappa shape index (κ3) is 3.93. The van der Waals surface area contributed by atoms with Crippen LogP contribution < -0.4 is 4.74 Å². The highest BCUT2D eigenvalue weighted by atomic mass is 35.5. The molecule has 0 fully saturated rings. The quantitative estimate of drug-likeness (QED) is 0.672. The van der Waals surface area contributed by atoms with E-state index in [1.807, 2.05) is 0 Å². The van der Waals surface area contributed by atoms with Crippen molar-refractivity contribution in [2.24, 2.45) is 0 Å². The Kier molecular flexibility index (Phi) is 4.77. The van der Waals surface area contributed by atoms with Crippen LogP contribution in [-0.4, -0.2) is 10.0 Å². The number of hydrogen-bond acceptors (Lipinski definition) is 4. The lowest BCUT2D eigenvalue weighted by Crippen LogP contribution is -2.01. The highest BCUT2D eigenvalue weighted by Gasteiger charge is 2.14. The molecular formula is C15H14ClNO4. The van der Waals surface area contributed by atoms with Crippen molar-refractivity contribution in [2.45, 2.75) is 19.6 Å². The van der Waals surface area contributed by atoms with Gasteiger partial charge in [0.15, 0.2) is 0 Å². The fourth-order valence-corrected chi connectivity index (χ4v) is 2.07. The smallest absolute Gasteiger partial charge is 0.276 e. The molecule has 6 heteroatoms. The summed E-state index contributed by atoms with van der Waals surface area (Å²) < 4.78 is 5.55. The molecule has 0 aliphatic heterocycles. The Morgan fingerprint density at radius 1 is 1.33 bits per heavy atom. The molecule has 0 saturated carbocycles. The van der Waals surface area contributed by atoms with Crippen LogP contribution in [0.3, 0.4) is 0 Å². The first-order valence-electron chi connectivity index (χ1n) is 6.31. The standard InChI is InChI=1S/C15H14ClNO4/c1-10(18)11-3-2-4-14(8-11)21-9-12-7-13(16)5-6-15(12)17(19)20/h2-8,10,18H,9H2,1H3/t10-/m0/s1. The summed E-state index contributed by atoms with van der Waals surface area (Å²) in [5.41, 5.74) is 1.08. The zero-order valence-electron chi connectivity index (χ0n) is 11.3. The van der Waals surface area contributed by atoms with Crippen LogP contribution in [0, 0.1) is 10.1 Å². The van der Waals surface area contributed by atoms with Gasteiger partial charge in [-0.15, -0.1) is 0 Å². The Labute approximate surface area is 126 Å². The Balaban J connectivity index is 2.18. The topological polar surface area (TPSA) is 72.6 Å². The molecule has 0 heterocycles. The Morgan fingerprint density at radius 2 is 2.10 bits per heavy atom. The molecule has 0 aliphatic carbocycles. The minimum atomic E-state index is -0.603. The molecule has 0 radical (unpaired) electrons. The van der Waals surface area contributed by atoms with Gasteiger partial charge in [-0.1, -0.05) is 23.7 Å². The van der Waals surface area contributed by atoms with Gasteiger partial charge in [0.25, 0.3) is 5.69 Å². The van der Waals surface area contributed by atoms with Crippen LogP contribution in [-0.2, 0) is 6.61 Å². The first kappa shape index (κ1) is 15.3. The summed E-state index contributed by atoms with van der Waals surface area (Å²) in [4.78, 5) is 10.5. The number of nitro benzene ring substituents is 1. The molecule has 0 aliphatic rings. The lowest BCUT2D eigenvalue weighted by Gasteiger charge is -2.10. The maximum atomic E-state index is 11.0. The van der Waals surface area contributed by atoms with Crippen molar-refractivity contribution in [3.05, 3.63) is 68.7 Å². The predicted octanol–water partition coefficient (Wildman–Crippen LogP) is 3.88. The second-order valence-electron chi connectivity index (χ2n) is 4.57. The van der Waals surface area contributed by atoms with E-state index < -0.39 is 11.0 Å². The van der Waals surface area contributed by atoms with Crippen molar-refractivity contribution in [1.29, 1.82) is 0 Å². The molecule has 5 nitrogen and oxygen atoms in total. The number of nitro groups is 1. The largest absolute Gasteiger partial charge is 0.489 e. The van der Waals surface area contributed by atoms with Crippen molar-refractivity contribution < 1.29 is 14.8 Å². The average Bonchev–Trinajstić information content (AvgIpc) is 2.45. The molecule has 0 spiro atoms. The monoisotopic (exact) mass is 307 g/mol. The van der Waals surface area contributed by atoms with Gasteiger partial charge in [-0.3, -0.25) is 10.1 Å². The van der Waals surface area contributed by atoms with Gasteiger partial charge in [0.1, 0.15) is 12.4 Å². The number of aliphatic hydroxyl groups is 1. The number of nitrogens with zero attached hydrogens (tertiary/aromatic N) is 1. The molecule has 0 unspecified atom stereocenters. The minimum Gasteiger partial charge on any atom is -0.489 e. The van der Waals surface area contributed by atoms with Crippen LogP contribution in [0.1, 0.15) is 24.2 Å². The maximum Gasteiger partial charge on any atom is 0.276 e. The Hall–Kier alpha value is -2.11. The van der Waals surface area contributed by atoms with Gasteiger partial charge in [0.05, 0.1) is 16.6 Å². The summed E-state index contributed by atoms with van der Waals surface area (Å²) in [5.74, 6) is 0.530. The molecule has 0 saturated heterocycles. The van der Waals surface area contributed by atoms with Gasteiger partial charge in [-0.25, -0.2) is 0 Å². The highest BCUT2D eigenvalue weighted by Crippen LogP contribution is 2.25. The fourth-order valence-electron chi connectivity index (χ4n) is 1.87. The molecule has 1 N–H and O–H groups in total. The lowest BCUT2D eigenvalue weighted by molar-refractivity contribution is -0.385. The normalized spacial score (nSPS) is 12.0. The molecule has 21 heavy (non-hydrogen) atoms. The third-order valence-electron chi connectivity index (χ3n) is 2.97. The molecule has 110 valence electrons. The van der Waals surface area contributed by atoms with Gasteiger partial charge < -0.3 is 9.84 Å². The third-order valence-corrected chi connectivity index (χ3v) is 3.21. The second-order valence-corrected chi connectivity index (χ2v) is 5.00. The summed E-state index contributed by atoms with van der Waals surface area (Å²) in [6.45, 7) is 1.68. The molecule has 0 aromatic heterocycles. The van der Waals surface area contributed by atoms with Crippen LogP contribution in [0.4, 0.5) is 5.69 Å². The van der Waals surface area contributed by atoms with Crippen molar-refractivity contribution in [3.63, 3.8) is 0 Å². The fraction of sp³-hybridized carbons (Fsp3) is 0.200. The minimum absolute atomic E-state index is 0.0279. The molecule has 1 atom stereocenters. The van der Waals surface area contributed by atoms with E-state index in [1.165, 1.54) is 18.2 Å². The van der Waals surface area contributed by atoms with E-state index in [0.717, 1.165) is 0 Å². The summed E-state index contributed by atoms with van der Waals surface area (Å²) in [7, 11) is 0. The number of halogens is 1.